The molecule has 0 saturated heterocycles. The third kappa shape index (κ3) is 6.28. The van der Waals surface area contributed by atoms with Crippen LogP contribution in [0.5, 0.6) is 0 Å². The summed E-state index contributed by atoms with van der Waals surface area (Å²) in [5, 5.41) is 15.2. The SMILES string of the molecule is CCNCCNC(CC)CO. The third-order valence-corrected chi connectivity index (χ3v) is 1.70. The van der Waals surface area contributed by atoms with Crippen LogP contribution in [0.4, 0.5) is 0 Å². The summed E-state index contributed by atoms with van der Waals surface area (Å²) in [4.78, 5) is 0. The Bertz CT molecular complexity index is 74.5. The van der Waals surface area contributed by atoms with Crippen molar-refractivity contribution < 1.29 is 5.11 Å². The number of rotatable bonds is 7. The Morgan fingerprint density at radius 3 is 2.45 bits per heavy atom. The lowest BCUT2D eigenvalue weighted by molar-refractivity contribution is 0.239. The smallest absolute Gasteiger partial charge is 0.0584 e. The maximum Gasteiger partial charge on any atom is 0.0584 e. The predicted octanol–water partition coefficient (Wildman–Crippen LogP) is -0.0436. The number of nitrogens with one attached hydrogen (secondary N) is 2. The fraction of sp³-hybridized carbons (Fsp3) is 1.00. The molecule has 0 amide bonds. The van der Waals surface area contributed by atoms with Crippen LogP contribution in [0.2, 0.25) is 0 Å². The van der Waals surface area contributed by atoms with Crippen molar-refractivity contribution in [3.8, 4) is 0 Å². The molecular formula is C8H20N2O. The summed E-state index contributed by atoms with van der Waals surface area (Å²) in [6.45, 7) is 7.32. The Hall–Kier alpha value is -0.120. The monoisotopic (exact) mass is 160 g/mol. The van der Waals surface area contributed by atoms with Gasteiger partial charge in [-0.15, -0.1) is 0 Å². The molecule has 3 nitrogen and oxygen atoms in total. The van der Waals surface area contributed by atoms with Crippen molar-refractivity contribution in [2.24, 2.45) is 0 Å². The zero-order valence-electron chi connectivity index (χ0n) is 7.56. The molecule has 1 atom stereocenters. The van der Waals surface area contributed by atoms with E-state index in [9.17, 15) is 0 Å². The lowest BCUT2D eigenvalue weighted by atomic mass is 10.2. The summed E-state index contributed by atoms with van der Waals surface area (Å²) in [5.41, 5.74) is 0. The van der Waals surface area contributed by atoms with Gasteiger partial charge in [-0.1, -0.05) is 13.8 Å². The van der Waals surface area contributed by atoms with Gasteiger partial charge < -0.3 is 15.7 Å². The van der Waals surface area contributed by atoms with E-state index in [-0.39, 0.29) is 12.6 Å². The predicted molar refractivity (Wildman–Crippen MR) is 47.7 cm³/mol. The van der Waals surface area contributed by atoms with Crippen LogP contribution in [0.25, 0.3) is 0 Å². The van der Waals surface area contributed by atoms with Crippen LogP contribution in [-0.4, -0.2) is 37.4 Å². The van der Waals surface area contributed by atoms with Crippen molar-refractivity contribution in [2.45, 2.75) is 26.3 Å². The van der Waals surface area contributed by atoms with E-state index >= 15 is 0 Å². The Morgan fingerprint density at radius 1 is 1.27 bits per heavy atom. The van der Waals surface area contributed by atoms with E-state index in [1.165, 1.54) is 0 Å². The molecular weight excluding hydrogens is 140 g/mol. The molecule has 0 bridgehead atoms. The van der Waals surface area contributed by atoms with E-state index in [1.54, 1.807) is 0 Å². The zero-order chi connectivity index (χ0) is 8.53. The first-order valence-electron chi connectivity index (χ1n) is 4.40. The summed E-state index contributed by atoms with van der Waals surface area (Å²) < 4.78 is 0. The Kier molecular flexibility index (Phi) is 7.89. The van der Waals surface area contributed by atoms with Crippen molar-refractivity contribution in [3.63, 3.8) is 0 Å². The van der Waals surface area contributed by atoms with Gasteiger partial charge >= 0.3 is 0 Å². The van der Waals surface area contributed by atoms with Gasteiger partial charge in [-0.25, -0.2) is 0 Å². The first-order valence-corrected chi connectivity index (χ1v) is 4.40. The number of hydrogen-bond acceptors (Lipinski definition) is 3. The Balaban J connectivity index is 3.07. The molecule has 0 saturated carbocycles. The Morgan fingerprint density at radius 2 is 2.00 bits per heavy atom. The zero-order valence-corrected chi connectivity index (χ0v) is 7.56. The largest absolute Gasteiger partial charge is 0.395 e. The van der Waals surface area contributed by atoms with Crippen molar-refractivity contribution in [3.05, 3.63) is 0 Å². The quantitative estimate of drug-likeness (QED) is 0.458. The van der Waals surface area contributed by atoms with Crippen LogP contribution in [0, 0.1) is 0 Å². The average molecular weight is 160 g/mol. The van der Waals surface area contributed by atoms with Gasteiger partial charge in [-0.3, -0.25) is 0 Å². The summed E-state index contributed by atoms with van der Waals surface area (Å²) in [5.74, 6) is 0. The van der Waals surface area contributed by atoms with Gasteiger partial charge in [0.1, 0.15) is 0 Å². The first-order chi connectivity index (χ1) is 5.35. The fourth-order valence-corrected chi connectivity index (χ4v) is 0.879. The van der Waals surface area contributed by atoms with E-state index in [2.05, 4.69) is 24.5 Å². The highest BCUT2D eigenvalue weighted by Gasteiger charge is 2.00. The normalized spacial score (nSPS) is 13.4. The van der Waals surface area contributed by atoms with Crippen LogP contribution < -0.4 is 10.6 Å². The van der Waals surface area contributed by atoms with Gasteiger partial charge in [0.25, 0.3) is 0 Å². The highest BCUT2D eigenvalue weighted by atomic mass is 16.3. The third-order valence-electron chi connectivity index (χ3n) is 1.70. The highest BCUT2D eigenvalue weighted by Crippen LogP contribution is 1.86. The molecule has 0 fully saturated rings. The Labute approximate surface area is 69.2 Å². The first kappa shape index (κ1) is 10.9. The van der Waals surface area contributed by atoms with Crippen molar-refractivity contribution in [1.82, 2.24) is 10.6 Å². The molecule has 3 heteroatoms. The van der Waals surface area contributed by atoms with Crippen LogP contribution in [0.3, 0.4) is 0 Å². The minimum Gasteiger partial charge on any atom is -0.395 e. The van der Waals surface area contributed by atoms with Gasteiger partial charge in [0.05, 0.1) is 6.61 Å². The number of aliphatic hydroxyl groups excluding tert-OH is 1. The lowest BCUT2D eigenvalue weighted by Crippen LogP contribution is -2.36. The molecule has 0 rings (SSSR count). The topological polar surface area (TPSA) is 44.3 Å². The summed E-state index contributed by atoms with van der Waals surface area (Å²) in [6.07, 6.45) is 0.989. The maximum atomic E-state index is 8.80. The molecule has 0 radical (unpaired) electrons. The van der Waals surface area contributed by atoms with Crippen LogP contribution >= 0.6 is 0 Å². The standard InChI is InChI=1S/C8H20N2O/c1-3-8(7-11)10-6-5-9-4-2/h8-11H,3-7H2,1-2H3. The molecule has 0 aromatic heterocycles. The number of hydrogen-bond donors (Lipinski definition) is 3. The lowest BCUT2D eigenvalue weighted by Gasteiger charge is -2.13. The van der Waals surface area contributed by atoms with Crippen LogP contribution in [-0.2, 0) is 0 Å². The van der Waals surface area contributed by atoms with Gasteiger partial charge in [0.15, 0.2) is 0 Å². The van der Waals surface area contributed by atoms with Gasteiger partial charge in [0.2, 0.25) is 0 Å². The summed E-state index contributed by atoms with van der Waals surface area (Å²) in [6, 6.07) is 0.272. The second-order valence-corrected chi connectivity index (χ2v) is 2.60. The van der Waals surface area contributed by atoms with Gasteiger partial charge in [-0.05, 0) is 13.0 Å². The van der Waals surface area contributed by atoms with E-state index < -0.39 is 0 Å². The van der Waals surface area contributed by atoms with E-state index in [0.29, 0.717) is 0 Å². The van der Waals surface area contributed by atoms with E-state index in [0.717, 1.165) is 26.1 Å². The molecule has 0 aromatic carbocycles. The molecule has 11 heavy (non-hydrogen) atoms. The van der Waals surface area contributed by atoms with Crippen molar-refractivity contribution in [2.75, 3.05) is 26.2 Å². The van der Waals surface area contributed by atoms with Crippen molar-refractivity contribution in [1.29, 1.82) is 0 Å². The molecule has 0 spiro atoms. The number of likely N-dealkylation sites (N-methyl/N-ethyl adjacent to an activating group) is 1. The van der Waals surface area contributed by atoms with Crippen LogP contribution in [0.1, 0.15) is 20.3 Å². The molecule has 0 aliphatic rings. The minimum atomic E-state index is 0.239. The van der Waals surface area contributed by atoms with E-state index in [4.69, 9.17) is 5.11 Å². The molecule has 3 N–H and O–H groups in total. The molecule has 0 aliphatic carbocycles. The molecule has 68 valence electrons. The average Bonchev–Trinajstić information content (AvgIpc) is 2.05. The molecule has 0 heterocycles. The second kappa shape index (κ2) is 7.98. The van der Waals surface area contributed by atoms with Crippen molar-refractivity contribution >= 4 is 0 Å². The van der Waals surface area contributed by atoms with Crippen LogP contribution in [0.15, 0.2) is 0 Å². The molecule has 0 aliphatic heterocycles. The fourth-order valence-electron chi connectivity index (χ4n) is 0.879. The van der Waals surface area contributed by atoms with Gasteiger partial charge in [0, 0.05) is 19.1 Å². The molecule has 0 aromatic rings. The van der Waals surface area contributed by atoms with Gasteiger partial charge in [-0.2, -0.15) is 0 Å². The molecule has 1 unspecified atom stereocenters. The highest BCUT2D eigenvalue weighted by molar-refractivity contribution is 4.62. The summed E-state index contributed by atoms with van der Waals surface area (Å²) >= 11 is 0. The maximum absolute atomic E-state index is 8.80. The van der Waals surface area contributed by atoms with E-state index in [1.807, 2.05) is 0 Å². The summed E-state index contributed by atoms with van der Waals surface area (Å²) in [7, 11) is 0. The minimum absolute atomic E-state index is 0.239. The second-order valence-electron chi connectivity index (χ2n) is 2.60. The number of aliphatic hydroxyl groups is 1.